The Morgan fingerprint density at radius 1 is 1.09 bits per heavy atom. The molecular formula is C24H32N4O2S2. The van der Waals surface area contributed by atoms with Gasteiger partial charge in [0.05, 0.1) is 4.91 Å². The molecule has 0 spiro atoms. The Hall–Kier alpha value is -2.11. The number of carbonyl (C=O) groups is 1. The third kappa shape index (κ3) is 4.94. The number of pyridine rings is 1. The van der Waals surface area contributed by atoms with Crippen molar-refractivity contribution in [2.24, 2.45) is 0 Å². The molecule has 2 aliphatic rings. The molecule has 0 unspecified atom stereocenters. The van der Waals surface area contributed by atoms with Crippen LogP contribution in [0.15, 0.2) is 9.70 Å². The molecule has 0 aromatic carbocycles. The van der Waals surface area contributed by atoms with Crippen molar-refractivity contribution >= 4 is 46.1 Å². The first-order chi connectivity index (χ1) is 15.4. The third-order valence-corrected chi connectivity index (χ3v) is 7.46. The van der Waals surface area contributed by atoms with Crippen LogP contribution in [-0.4, -0.2) is 39.3 Å². The molecule has 2 aliphatic heterocycles. The topological polar surface area (TPSA) is 69.3 Å². The predicted octanol–water partition coefficient (Wildman–Crippen LogP) is 4.82. The Morgan fingerprint density at radius 2 is 1.78 bits per heavy atom. The minimum atomic E-state index is -0.228. The molecule has 0 N–H and O–H groups in total. The maximum Gasteiger partial charge on any atom is 0.270 e. The highest BCUT2D eigenvalue weighted by molar-refractivity contribution is 8.26. The number of amides is 1. The SMILES string of the molecule is CCCCn1c(N2CCCCCC2)c(C=C2SC(=S)N(CCC)C2=O)c(C)c(C#N)c1=O. The predicted molar refractivity (Wildman–Crippen MR) is 136 cm³/mol. The lowest BCUT2D eigenvalue weighted by molar-refractivity contribution is -0.122. The summed E-state index contributed by atoms with van der Waals surface area (Å²) in [6, 6.07) is 2.13. The van der Waals surface area contributed by atoms with E-state index in [1.54, 1.807) is 9.47 Å². The number of rotatable bonds is 7. The van der Waals surface area contributed by atoms with Crippen molar-refractivity contribution in [2.75, 3.05) is 24.5 Å². The van der Waals surface area contributed by atoms with Gasteiger partial charge in [-0.05, 0) is 44.2 Å². The first kappa shape index (κ1) is 24.5. The van der Waals surface area contributed by atoms with Crippen LogP contribution >= 0.6 is 24.0 Å². The van der Waals surface area contributed by atoms with Crippen LogP contribution in [0.4, 0.5) is 5.82 Å². The zero-order valence-electron chi connectivity index (χ0n) is 19.3. The number of thiocarbonyl (C=S) groups is 1. The van der Waals surface area contributed by atoms with Gasteiger partial charge >= 0.3 is 0 Å². The van der Waals surface area contributed by atoms with Crippen molar-refractivity contribution in [3.05, 3.63) is 31.9 Å². The van der Waals surface area contributed by atoms with Gasteiger partial charge in [-0.15, -0.1) is 0 Å². The summed E-state index contributed by atoms with van der Waals surface area (Å²) in [5, 5.41) is 9.79. The molecule has 8 heteroatoms. The molecule has 172 valence electrons. The third-order valence-electron chi connectivity index (χ3n) is 6.08. The van der Waals surface area contributed by atoms with Crippen molar-refractivity contribution in [1.82, 2.24) is 9.47 Å². The summed E-state index contributed by atoms with van der Waals surface area (Å²) in [5.41, 5.74) is 1.38. The minimum Gasteiger partial charge on any atom is -0.357 e. The second-order valence-electron chi connectivity index (χ2n) is 8.39. The Labute approximate surface area is 200 Å². The van der Waals surface area contributed by atoms with Crippen LogP contribution in [0, 0.1) is 18.3 Å². The van der Waals surface area contributed by atoms with E-state index in [0.717, 1.165) is 56.6 Å². The molecule has 3 rings (SSSR count). The highest BCUT2D eigenvalue weighted by Gasteiger charge is 2.32. The Bertz CT molecular complexity index is 1010. The monoisotopic (exact) mass is 472 g/mol. The van der Waals surface area contributed by atoms with Gasteiger partial charge in [-0.25, -0.2) is 0 Å². The second-order valence-corrected chi connectivity index (χ2v) is 10.1. The number of thioether (sulfide) groups is 1. The van der Waals surface area contributed by atoms with E-state index in [0.29, 0.717) is 27.9 Å². The number of aromatic nitrogens is 1. The zero-order chi connectivity index (χ0) is 23.3. The summed E-state index contributed by atoms with van der Waals surface area (Å²) in [5.74, 6) is 0.760. The van der Waals surface area contributed by atoms with Gasteiger partial charge in [0.1, 0.15) is 21.8 Å². The number of carbonyl (C=O) groups excluding carboxylic acids is 1. The van der Waals surface area contributed by atoms with E-state index in [9.17, 15) is 14.9 Å². The lowest BCUT2D eigenvalue weighted by Gasteiger charge is -2.29. The van der Waals surface area contributed by atoms with Gasteiger partial charge in [-0.1, -0.05) is 57.1 Å². The fourth-order valence-corrected chi connectivity index (χ4v) is 5.63. The number of nitriles is 1. The molecule has 0 saturated carbocycles. The number of hydrogen-bond acceptors (Lipinski definition) is 6. The molecular weight excluding hydrogens is 440 g/mol. The average molecular weight is 473 g/mol. The molecule has 1 aromatic heterocycles. The molecule has 6 nitrogen and oxygen atoms in total. The van der Waals surface area contributed by atoms with E-state index in [1.807, 2.05) is 19.9 Å². The average Bonchev–Trinajstić information content (AvgIpc) is 2.96. The van der Waals surface area contributed by atoms with E-state index in [-0.39, 0.29) is 17.0 Å². The highest BCUT2D eigenvalue weighted by Crippen LogP contribution is 2.36. The lowest BCUT2D eigenvalue weighted by atomic mass is 10.0. The maximum absolute atomic E-state index is 13.3. The standard InChI is InChI=1S/C24H32N4O2S2/c1-4-6-14-27-21(26-12-9-7-8-10-13-26)18(17(3)19(16-25)22(27)29)15-20-23(30)28(11-5-2)24(31)32-20/h15H,4-14H2,1-3H3. The Balaban J connectivity index is 2.23. The molecule has 0 aliphatic carbocycles. The van der Waals surface area contributed by atoms with E-state index >= 15 is 0 Å². The van der Waals surface area contributed by atoms with Gasteiger partial charge in [-0.2, -0.15) is 5.26 Å². The van der Waals surface area contributed by atoms with E-state index in [1.165, 1.54) is 24.6 Å². The minimum absolute atomic E-state index is 0.0899. The molecule has 1 aromatic rings. The van der Waals surface area contributed by atoms with E-state index in [2.05, 4.69) is 17.9 Å². The van der Waals surface area contributed by atoms with Crippen LogP contribution in [0.1, 0.15) is 75.5 Å². The second kappa shape index (κ2) is 11.2. The van der Waals surface area contributed by atoms with Crippen LogP contribution in [0.2, 0.25) is 0 Å². The van der Waals surface area contributed by atoms with Gasteiger partial charge in [0.2, 0.25) is 0 Å². The number of unbranched alkanes of at least 4 members (excludes halogenated alkanes) is 1. The fourth-order valence-electron chi connectivity index (χ4n) is 4.34. The number of anilines is 1. The molecule has 0 radical (unpaired) electrons. The van der Waals surface area contributed by atoms with Gasteiger partial charge in [0.15, 0.2) is 0 Å². The van der Waals surface area contributed by atoms with E-state index < -0.39 is 0 Å². The highest BCUT2D eigenvalue weighted by atomic mass is 32.2. The van der Waals surface area contributed by atoms with Crippen LogP contribution in [0.5, 0.6) is 0 Å². The first-order valence-electron chi connectivity index (χ1n) is 11.6. The molecule has 2 fully saturated rings. The van der Waals surface area contributed by atoms with Gasteiger partial charge in [0, 0.05) is 31.7 Å². The number of nitrogens with zero attached hydrogens (tertiary/aromatic N) is 4. The smallest absolute Gasteiger partial charge is 0.270 e. The number of hydrogen-bond donors (Lipinski definition) is 0. The summed E-state index contributed by atoms with van der Waals surface area (Å²) in [4.78, 5) is 30.9. The van der Waals surface area contributed by atoms with Crippen molar-refractivity contribution in [2.45, 2.75) is 72.3 Å². The molecule has 0 atom stereocenters. The summed E-state index contributed by atoms with van der Waals surface area (Å²) in [6.07, 6.45) is 8.99. The fraction of sp³-hybridized carbons (Fsp3) is 0.583. The molecule has 3 heterocycles. The van der Waals surface area contributed by atoms with E-state index in [4.69, 9.17) is 12.2 Å². The van der Waals surface area contributed by atoms with Crippen LogP contribution < -0.4 is 10.5 Å². The Kier molecular flexibility index (Phi) is 8.55. The van der Waals surface area contributed by atoms with Gasteiger partial charge in [0.25, 0.3) is 11.5 Å². The quantitative estimate of drug-likeness (QED) is 0.419. The van der Waals surface area contributed by atoms with Crippen molar-refractivity contribution in [3.8, 4) is 6.07 Å². The zero-order valence-corrected chi connectivity index (χ0v) is 20.9. The molecule has 2 saturated heterocycles. The van der Waals surface area contributed by atoms with Gasteiger partial charge in [-0.3, -0.25) is 19.1 Å². The summed E-state index contributed by atoms with van der Waals surface area (Å²) < 4.78 is 2.34. The first-order valence-corrected chi connectivity index (χ1v) is 12.8. The summed E-state index contributed by atoms with van der Waals surface area (Å²) >= 11 is 6.75. The Morgan fingerprint density at radius 3 is 2.38 bits per heavy atom. The molecule has 0 bridgehead atoms. The summed E-state index contributed by atoms with van der Waals surface area (Å²) in [6.45, 7) is 8.84. The van der Waals surface area contributed by atoms with Crippen molar-refractivity contribution in [1.29, 1.82) is 5.26 Å². The molecule has 32 heavy (non-hydrogen) atoms. The van der Waals surface area contributed by atoms with Crippen LogP contribution in [-0.2, 0) is 11.3 Å². The normalized spacial score (nSPS) is 18.4. The van der Waals surface area contributed by atoms with Crippen molar-refractivity contribution in [3.63, 3.8) is 0 Å². The molecule has 1 amide bonds. The lowest BCUT2D eigenvalue weighted by Crippen LogP contribution is -2.35. The van der Waals surface area contributed by atoms with Crippen LogP contribution in [0.3, 0.4) is 0 Å². The largest absolute Gasteiger partial charge is 0.357 e. The van der Waals surface area contributed by atoms with Crippen molar-refractivity contribution < 1.29 is 4.79 Å². The summed E-state index contributed by atoms with van der Waals surface area (Å²) in [7, 11) is 0. The maximum atomic E-state index is 13.3. The van der Waals surface area contributed by atoms with Gasteiger partial charge < -0.3 is 4.90 Å². The van der Waals surface area contributed by atoms with Crippen LogP contribution in [0.25, 0.3) is 6.08 Å².